The van der Waals surface area contributed by atoms with E-state index in [1.165, 1.54) is 0 Å². The standard InChI is InChI=1S/C21H23ClN4O3/c1-5-8-23-19(27)14-7-6-13(22)9-17(14)24-20(28)15-10-16(11(2)3)25-21-18(15)12(4)26-29-21/h6-7,9-11H,5,8H2,1-4H3,(H,23,27)(H,24,28). The largest absolute Gasteiger partial charge is 0.352 e. The number of aryl methyl sites for hydroxylation is 1. The van der Waals surface area contributed by atoms with Crippen LogP contribution in [0.4, 0.5) is 5.69 Å². The van der Waals surface area contributed by atoms with Crippen molar-refractivity contribution in [2.45, 2.75) is 40.0 Å². The summed E-state index contributed by atoms with van der Waals surface area (Å²) in [6.07, 6.45) is 0.806. The predicted octanol–water partition coefficient (Wildman–Crippen LogP) is 4.70. The molecule has 2 aromatic heterocycles. The molecule has 0 saturated heterocycles. The van der Waals surface area contributed by atoms with Crippen molar-refractivity contribution in [2.75, 3.05) is 11.9 Å². The van der Waals surface area contributed by atoms with E-state index in [1.807, 2.05) is 20.8 Å². The maximum atomic E-state index is 13.2. The lowest BCUT2D eigenvalue weighted by atomic mass is 10.0. The molecule has 8 heteroatoms. The van der Waals surface area contributed by atoms with Crippen molar-refractivity contribution in [1.29, 1.82) is 0 Å². The van der Waals surface area contributed by atoms with Crippen molar-refractivity contribution in [3.05, 3.63) is 51.8 Å². The molecule has 3 aromatic rings. The first-order valence-corrected chi connectivity index (χ1v) is 9.85. The van der Waals surface area contributed by atoms with Gasteiger partial charge >= 0.3 is 0 Å². The molecule has 0 spiro atoms. The van der Waals surface area contributed by atoms with Gasteiger partial charge in [0.15, 0.2) is 0 Å². The summed E-state index contributed by atoms with van der Waals surface area (Å²) >= 11 is 6.11. The van der Waals surface area contributed by atoms with Crippen LogP contribution in [0.5, 0.6) is 0 Å². The Morgan fingerprint density at radius 3 is 2.62 bits per heavy atom. The number of hydrogen-bond acceptors (Lipinski definition) is 5. The number of benzene rings is 1. The molecule has 2 heterocycles. The Hall–Kier alpha value is -2.93. The Morgan fingerprint density at radius 2 is 1.93 bits per heavy atom. The highest BCUT2D eigenvalue weighted by Crippen LogP contribution is 2.27. The molecule has 3 rings (SSSR count). The normalized spacial score (nSPS) is 11.1. The van der Waals surface area contributed by atoms with Gasteiger partial charge in [0.05, 0.1) is 27.9 Å². The number of carbonyl (C=O) groups is 2. The zero-order valence-corrected chi connectivity index (χ0v) is 17.6. The van der Waals surface area contributed by atoms with Crippen LogP contribution >= 0.6 is 11.6 Å². The number of carbonyl (C=O) groups excluding carboxylic acids is 2. The summed E-state index contributed by atoms with van der Waals surface area (Å²) in [7, 11) is 0. The van der Waals surface area contributed by atoms with E-state index < -0.39 is 5.91 Å². The van der Waals surface area contributed by atoms with E-state index in [0.717, 1.165) is 6.42 Å². The summed E-state index contributed by atoms with van der Waals surface area (Å²) in [5.41, 5.74) is 2.66. The highest BCUT2D eigenvalue weighted by Gasteiger charge is 2.21. The molecule has 29 heavy (non-hydrogen) atoms. The van der Waals surface area contributed by atoms with Gasteiger partial charge in [-0.25, -0.2) is 4.98 Å². The Bertz CT molecular complexity index is 1080. The van der Waals surface area contributed by atoms with Crippen molar-refractivity contribution in [3.8, 4) is 0 Å². The highest BCUT2D eigenvalue weighted by atomic mass is 35.5. The topological polar surface area (TPSA) is 97.1 Å². The molecular formula is C21H23ClN4O3. The van der Waals surface area contributed by atoms with Gasteiger partial charge in [0, 0.05) is 17.3 Å². The fourth-order valence-electron chi connectivity index (χ4n) is 2.93. The third kappa shape index (κ3) is 4.40. The van der Waals surface area contributed by atoms with Crippen LogP contribution in [0.25, 0.3) is 11.1 Å². The minimum atomic E-state index is -0.391. The van der Waals surface area contributed by atoms with E-state index in [4.69, 9.17) is 16.1 Å². The Morgan fingerprint density at radius 1 is 1.17 bits per heavy atom. The lowest BCUT2D eigenvalue weighted by molar-refractivity contribution is 0.0954. The van der Waals surface area contributed by atoms with Crippen molar-refractivity contribution >= 4 is 40.2 Å². The molecule has 7 nitrogen and oxygen atoms in total. The average molecular weight is 415 g/mol. The predicted molar refractivity (Wildman–Crippen MR) is 113 cm³/mol. The number of pyridine rings is 1. The van der Waals surface area contributed by atoms with Gasteiger partial charge in [-0.2, -0.15) is 0 Å². The van der Waals surface area contributed by atoms with Crippen LogP contribution in [-0.2, 0) is 0 Å². The molecule has 0 aliphatic rings. The minimum absolute atomic E-state index is 0.0953. The van der Waals surface area contributed by atoms with Crippen molar-refractivity contribution in [1.82, 2.24) is 15.5 Å². The quantitative estimate of drug-likeness (QED) is 0.609. The first kappa shape index (κ1) is 20.8. The van der Waals surface area contributed by atoms with Crippen LogP contribution in [-0.4, -0.2) is 28.5 Å². The molecule has 0 aliphatic carbocycles. The lowest BCUT2D eigenvalue weighted by Gasteiger charge is -2.13. The number of nitrogens with zero attached hydrogens (tertiary/aromatic N) is 2. The number of anilines is 1. The molecule has 0 fully saturated rings. The summed E-state index contributed by atoms with van der Waals surface area (Å²) in [6, 6.07) is 6.50. The second-order valence-electron chi connectivity index (χ2n) is 7.10. The van der Waals surface area contributed by atoms with Gasteiger partial charge in [-0.1, -0.05) is 37.5 Å². The molecule has 0 unspecified atom stereocenters. The zero-order valence-electron chi connectivity index (χ0n) is 16.8. The number of amides is 2. The fraction of sp³-hybridized carbons (Fsp3) is 0.333. The van der Waals surface area contributed by atoms with Gasteiger partial charge in [-0.3, -0.25) is 9.59 Å². The molecule has 0 aliphatic heterocycles. The second-order valence-corrected chi connectivity index (χ2v) is 7.53. The van der Waals surface area contributed by atoms with Gasteiger partial charge in [0.25, 0.3) is 17.5 Å². The van der Waals surface area contributed by atoms with E-state index >= 15 is 0 Å². The van der Waals surface area contributed by atoms with E-state index in [0.29, 0.717) is 50.9 Å². The lowest BCUT2D eigenvalue weighted by Crippen LogP contribution is -2.26. The highest BCUT2D eigenvalue weighted by molar-refractivity contribution is 6.31. The Kier molecular flexibility index (Phi) is 6.17. The third-order valence-electron chi connectivity index (χ3n) is 4.48. The van der Waals surface area contributed by atoms with Crippen molar-refractivity contribution < 1.29 is 14.1 Å². The smallest absolute Gasteiger partial charge is 0.259 e. The maximum absolute atomic E-state index is 13.2. The monoisotopic (exact) mass is 414 g/mol. The van der Waals surface area contributed by atoms with Gasteiger partial charge in [-0.15, -0.1) is 0 Å². The number of aromatic nitrogens is 2. The SMILES string of the molecule is CCCNC(=O)c1ccc(Cl)cc1NC(=O)c1cc(C(C)C)nc2onc(C)c12. The molecule has 0 bridgehead atoms. The first-order chi connectivity index (χ1) is 13.8. The molecule has 2 amide bonds. The summed E-state index contributed by atoms with van der Waals surface area (Å²) in [4.78, 5) is 30.1. The molecule has 0 radical (unpaired) electrons. The Balaban J connectivity index is 2.02. The van der Waals surface area contributed by atoms with Crippen LogP contribution < -0.4 is 10.6 Å². The number of fused-ring (bicyclic) bond motifs is 1. The van der Waals surface area contributed by atoms with Crippen molar-refractivity contribution in [3.63, 3.8) is 0 Å². The molecule has 1 aromatic carbocycles. The van der Waals surface area contributed by atoms with Crippen LogP contribution in [0.1, 0.15) is 65.2 Å². The fourth-order valence-corrected chi connectivity index (χ4v) is 3.10. The molecule has 0 atom stereocenters. The van der Waals surface area contributed by atoms with E-state index in [9.17, 15) is 9.59 Å². The third-order valence-corrected chi connectivity index (χ3v) is 4.72. The summed E-state index contributed by atoms with van der Waals surface area (Å²) in [6.45, 7) is 8.21. The van der Waals surface area contributed by atoms with Crippen LogP contribution in [0.2, 0.25) is 5.02 Å². The summed E-state index contributed by atoms with van der Waals surface area (Å²) in [5.74, 6) is -0.571. The van der Waals surface area contributed by atoms with Crippen molar-refractivity contribution in [2.24, 2.45) is 0 Å². The van der Waals surface area contributed by atoms with Gasteiger partial charge in [-0.05, 0) is 43.5 Å². The van der Waals surface area contributed by atoms with Crippen LogP contribution in [0.15, 0.2) is 28.8 Å². The van der Waals surface area contributed by atoms with Gasteiger partial charge in [0.2, 0.25) is 0 Å². The van der Waals surface area contributed by atoms with Crippen LogP contribution in [0, 0.1) is 6.92 Å². The zero-order chi connectivity index (χ0) is 21.1. The Labute approximate surface area is 173 Å². The van der Waals surface area contributed by atoms with Gasteiger partial charge < -0.3 is 15.2 Å². The number of rotatable bonds is 6. The summed E-state index contributed by atoms with van der Waals surface area (Å²) < 4.78 is 5.28. The summed E-state index contributed by atoms with van der Waals surface area (Å²) in [5, 5.41) is 10.5. The molecule has 152 valence electrons. The average Bonchev–Trinajstić information content (AvgIpc) is 3.06. The number of halogens is 1. The van der Waals surface area contributed by atoms with E-state index in [2.05, 4.69) is 20.8 Å². The number of hydrogen-bond donors (Lipinski definition) is 2. The molecule has 0 saturated carbocycles. The number of nitrogens with one attached hydrogen (secondary N) is 2. The first-order valence-electron chi connectivity index (χ1n) is 9.47. The van der Waals surface area contributed by atoms with E-state index in [1.54, 1.807) is 31.2 Å². The molecular weight excluding hydrogens is 392 g/mol. The van der Waals surface area contributed by atoms with Crippen LogP contribution in [0.3, 0.4) is 0 Å². The minimum Gasteiger partial charge on any atom is -0.352 e. The van der Waals surface area contributed by atoms with Gasteiger partial charge in [0.1, 0.15) is 0 Å². The maximum Gasteiger partial charge on any atom is 0.259 e. The molecule has 2 N–H and O–H groups in total. The second kappa shape index (κ2) is 8.61. The van der Waals surface area contributed by atoms with E-state index in [-0.39, 0.29) is 11.8 Å².